The molecule has 2 N–H and O–H groups in total. The summed E-state index contributed by atoms with van der Waals surface area (Å²) in [7, 11) is 0. The highest BCUT2D eigenvalue weighted by Gasteiger charge is 2.15. The average molecular weight is 364 g/mol. The Balaban J connectivity index is 1.59. The van der Waals surface area contributed by atoms with Crippen molar-refractivity contribution in [3.05, 3.63) is 65.4 Å². The summed E-state index contributed by atoms with van der Waals surface area (Å²) in [5.41, 5.74) is 4.68. The Hall–Kier alpha value is -3.08. The first kappa shape index (κ1) is 18.7. The van der Waals surface area contributed by atoms with Gasteiger partial charge in [0.2, 0.25) is 0 Å². The van der Waals surface area contributed by atoms with E-state index in [1.807, 2.05) is 49.4 Å². The Bertz CT molecular complexity index is 973. The molecule has 2 aromatic carbocycles. The lowest BCUT2D eigenvalue weighted by Crippen LogP contribution is -2.22. The first-order valence-electron chi connectivity index (χ1n) is 9.05. The summed E-state index contributed by atoms with van der Waals surface area (Å²) in [6.07, 6.45) is 1.92. The summed E-state index contributed by atoms with van der Waals surface area (Å²) in [4.78, 5) is 27.5. The molecule has 0 atom stereocenters. The van der Waals surface area contributed by atoms with Gasteiger partial charge in [-0.05, 0) is 35.6 Å². The lowest BCUT2D eigenvalue weighted by molar-refractivity contribution is -0.146. The van der Waals surface area contributed by atoms with Gasteiger partial charge in [-0.1, -0.05) is 50.2 Å². The molecule has 5 nitrogen and oxygen atoms in total. The van der Waals surface area contributed by atoms with E-state index in [2.05, 4.69) is 24.1 Å². The normalized spacial score (nSPS) is 11.0. The summed E-state index contributed by atoms with van der Waals surface area (Å²) < 4.78 is 5.17. The number of esters is 1. The third-order valence-corrected chi connectivity index (χ3v) is 4.57. The van der Waals surface area contributed by atoms with Gasteiger partial charge in [0.15, 0.2) is 6.61 Å². The molecule has 27 heavy (non-hydrogen) atoms. The molecule has 0 saturated carbocycles. The van der Waals surface area contributed by atoms with E-state index in [4.69, 9.17) is 4.74 Å². The fourth-order valence-corrected chi connectivity index (χ4v) is 3.15. The Morgan fingerprint density at radius 3 is 2.67 bits per heavy atom. The number of rotatable bonds is 6. The number of aromatic amines is 1. The molecule has 1 aromatic heterocycles. The molecular weight excluding hydrogens is 340 g/mol. The second-order valence-electron chi connectivity index (χ2n) is 6.94. The number of fused-ring (bicyclic) bond motifs is 1. The van der Waals surface area contributed by atoms with Crippen LogP contribution in [-0.4, -0.2) is 23.5 Å². The zero-order valence-corrected chi connectivity index (χ0v) is 15.8. The number of aryl methyl sites for hydroxylation is 1. The van der Waals surface area contributed by atoms with Crippen molar-refractivity contribution in [1.82, 2.24) is 4.98 Å². The van der Waals surface area contributed by atoms with Crippen molar-refractivity contribution in [2.24, 2.45) is 0 Å². The summed E-state index contributed by atoms with van der Waals surface area (Å²) in [6.45, 7) is 5.80. The molecule has 140 valence electrons. The summed E-state index contributed by atoms with van der Waals surface area (Å²) in [5, 5.41) is 3.87. The smallest absolute Gasteiger partial charge is 0.310 e. The Labute approximate surface area is 158 Å². The number of anilines is 1. The highest BCUT2D eigenvalue weighted by molar-refractivity contribution is 5.95. The average Bonchev–Trinajstić information content (AvgIpc) is 3.04. The number of H-pyrrole nitrogens is 1. The molecule has 3 aromatic rings. The molecule has 0 radical (unpaired) electrons. The van der Waals surface area contributed by atoms with Crippen LogP contribution in [-0.2, 0) is 20.7 Å². The van der Waals surface area contributed by atoms with Gasteiger partial charge in [0.25, 0.3) is 5.91 Å². The van der Waals surface area contributed by atoms with Crippen LogP contribution in [0.1, 0.15) is 36.5 Å². The lowest BCUT2D eigenvalue weighted by atomic mass is 9.98. The minimum Gasteiger partial charge on any atom is -0.455 e. The Morgan fingerprint density at radius 1 is 1.11 bits per heavy atom. The molecule has 0 saturated heterocycles. The number of para-hydroxylation sites is 2. The van der Waals surface area contributed by atoms with Crippen LogP contribution in [0.15, 0.2) is 48.7 Å². The van der Waals surface area contributed by atoms with Gasteiger partial charge in [-0.15, -0.1) is 0 Å². The number of carbonyl (C=O) groups excluding carboxylic acids is 2. The van der Waals surface area contributed by atoms with Gasteiger partial charge in [0.05, 0.1) is 6.42 Å². The number of ether oxygens (including phenoxy) is 1. The van der Waals surface area contributed by atoms with Crippen molar-refractivity contribution in [3.8, 4) is 0 Å². The minimum atomic E-state index is -0.427. The van der Waals surface area contributed by atoms with E-state index in [-0.39, 0.29) is 24.9 Å². The largest absolute Gasteiger partial charge is 0.455 e. The SMILES string of the molecule is Cc1cccc(C(C)C)c1NC(=O)COC(=O)Cc1c[nH]c2ccccc12. The molecule has 0 spiro atoms. The van der Waals surface area contributed by atoms with Crippen LogP contribution < -0.4 is 5.32 Å². The second-order valence-corrected chi connectivity index (χ2v) is 6.94. The van der Waals surface area contributed by atoms with Crippen LogP contribution in [0.2, 0.25) is 0 Å². The van der Waals surface area contributed by atoms with E-state index in [1.54, 1.807) is 6.20 Å². The maximum atomic E-state index is 12.3. The monoisotopic (exact) mass is 364 g/mol. The van der Waals surface area contributed by atoms with Gasteiger partial charge >= 0.3 is 5.97 Å². The maximum Gasteiger partial charge on any atom is 0.310 e. The zero-order valence-electron chi connectivity index (χ0n) is 15.8. The number of benzene rings is 2. The number of aromatic nitrogens is 1. The predicted molar refractivity (Wildman–Crippen MR) is 107 cm³/mol. The molecule has 0 fully saturated rings. The molecule has 0 bridgehead atoms. The number of carbonyl (C=O) groups is 2. The van der Waals surface area contributed by atoms with Gasteiger partial charge in [-0.3, -0.25) is 9.59 Å². The summed E-state index contributed by atoms with van der Waals surface area (Å²) >= 11 is 0. The molecule has 5 heteroatoms. The highest BCUT2D eigenvalue weighted by Crippen LogP contribution is 2.27. The van der Waals surface area contributed by atoms with Gasteiger partial charge in [-0.2, -0.15) is 0 Å². The van der Waals surface area contributed by atoms with Crippen LogP contribution in [0.4, 0.5) is 5.69 Å². The Kier molecular flexibility index (Phi) is 5.60. The topological polar surface area (TPSA) is 71.2 Å². The third kappa shape index (κ3) is 4.37. The van der Waals surface area contributed by atoms with Crippen molar-refractivity contribution in [2.75, 3.05) is 11.9 Å². The van der Waals surface area contributed by atoms with E-state index < -0.39 is 5.97 Å². The third-order valence-electron chi connectivity index (χ3n) is 4.57. The first-order valence-corrected chi connectivity index (χ1v) is 9.05. The van der Waals surface area contributed by atoms with Crippen molar-refractivity contribution >= 4 is 28.5 Å². The molecule has 1 amide bonds. The molecular formula is C22H24N2O3. The summed E-state index contributed by atoms with van der Waals surface area (Å²) in [6, 6.07) is 13.7. The molecule has 0 unspecified atom stereocenters. The molecule has 0 aliphatic heterocycles. The quantitative estimate of drug-likeness (QED) is 0.640. The number of nitrogens with one attached hydrogen (secondary N) is 2. The molecule has 3 rings (SSSR count). The fraction of sp³-hybridized carbons (Fsp3) is 0.273. The second kappa shape index (κ2) is 8.08. The van der Waals surface area contributed by atoms with Gasteiger partial charge in [-0.25, -0.2) is 0 Å². The number of amides is 1. The molecule has 0 aliphatic rings. The van der Waals surface area contributed by atoms with Crippen LogP contribution in [0, 0.1) is 6.92 Å². The number of hydrogen-bond acceptors (Lipinski definition) is 3. The number of hydrogen-bond donors (Lipinski definition) is 2. The molecule has 0 aliphatic carbocycles. The maximum absolute atomic E-state index is 12.3. The van der Waals surface area contributed by atoms with Crippen molar-refractivity contribution in [3.63, 3.8) is 0 Å². The van der Waals surface area contributed by atoms with Crippen molar-refractivity contribution in [2.45, 2.75) is 33.1 Å². The molecule has 1 heterocycles. The van der Waals surface area contributed by atoms with Crippen LogP contribution >= 0.6 is 0 Å². The van der Waals surface area contributed by atoms with Gasteiger partial charge in [0.1, 0.15) is 0 Å². The standard InChI is InChI=1S/C22H24N2O3/c1-14(2)17-9-6-7-15(3)22(17)24-20(25)13-27-21(26)11-16-12-23-19-10-5-4-8-18(16)19/h4-10,12,14,23H,11,13H2,1-3H3,(H,24,25). The summed E-state index contributed by atoms with van der Waals surface area (Å²) in [5.74, 6) is -0.480. The van der Waals surface area contributed by atoms with E-state index in [0.717, 1.165) is 33.3 Å². The van der Waals surface area contributed by atoms with Crippen LogP contribution in [0.25, 0.3) is 10.9 Å². The first-order chi connectivity index (χ1) is 13.0. The van der Waals surface area contributed by atoms with Crippen LogP contribution in [0.3, 0.4) is 0 Å². The van der Waals surface area contributed by atoms with E-state index in [0.29, 0.717) is 0 Å². The predicted octanol–water partition coefficient (Wildman–Crippen LogP) is 4.32. The highest BCUT2D eigenvalue weighted by atomic mass is 16.5. The van der Waals surface area contributed by atoms with E-state index >= 15 is 0 Å². The van der Waals surface area contributed by atoms with E-state index in [1.165, 1.54) is 0 Å². The lowest BCUT2D eigenvalue weighted by Gasteiger charge is -2.16. The van der Waals surface area contributed by atoms with Crippen molar-refractivity contribution < 1.29 is 14.3 Å². The Morgan fingerprint density at radius 2 is 1.89 bits per heavy atom. The minimum absolute atomic E-state index is 0.124. The fourth-order valence-electron chi connectivity index (χ4n) is 3.15. The van der Waals surface area contributed by atoms with Gasteiger partial charge in [0, 0.05) is 22.8 Å². The zero-order chi connectivity index (χ0) is 19.4. The van der Waals surface area contributed by atoms with Crippen LogP contribution in [0.5, 0.6) is 0 Å². The van der Waals surface area contributed by atoms with Crippen molar-refractivity contribution in [1.29, 1.82) is 0 Å². The van der Waals surface area contributed by atoms with E-state index in [9.17, 15) is 9.59 Å². The van der Waals surface area contributed by atoms with Gasteiger partial charge < -0.3 is 15.0 Å².